The van der Waals surface area contributed by atoms with E-state index in [1.54, 1.807) is 0 Å². The highest BCUT2D eigenvalue weighted by Crippen LogP contribution is 2.55. The number of fused-ring (bicyclic) bond motifs is 26. The lowest BCUT2D eigenvalue weighted by Gasteiger charge is -2.28. The number of para-hydroxylation sites is 6. The number of nitrogens with zero attached hydrogens (tertiary/aromatic N) is 4. The predicted molar refractivity (Wildman–Crippen MR) is 372 cm³/mol. The summed E-state index contributed by atoms with van der Waals surface area (Å²) < 4.78 is 9.98. The lowest BCUT2D eigenvalue weighted by molar-refractivity contribution is 1.16. The minimum absolute atomic E-state index is 1.13. The van der Waals surface area contributed by atoms with Crippen LogP contribution in [0.25, 0.3) is 187 Å². The van der Waals surface area contributed by atoms with E-state index in [4.69, 9.17) is 0 Å². The molecule has 0 atom stereocenters. The van der Waals surface area contributed by atoms with Crippen molar-refractivity contribution in [2.45, 2.75) is 0 Å². The Labute approximate surface area is 505 Å². The number of hydrogen-bond donors (Lipinski definition) is 0. The largest absolute Gasteiger partial charge is 0.309 e. The second-order valence-corrected chi connectivity index (χ2v) is 23.8. The van der Waals surface area contributed by atoms with E-state index in [2.05, 4.69) is 322 Å². The van der Waals surface area contributed by atoms with Gasteiger partial charge < -0.3 is 18.3 Å². The van der Waals surface area contributed by atoms with Gasteiger partial charge in [-0.05, 0) is 163 Å². The van der Waals surface area contributed by atoms with Crippen LogP contribution in [0.15, 0.2) is 303 Å². The predicted octanol–water partition coefficient (Wildman–Crippen LogP) is 22.5. The Morgan fingerprint density at radius 3 is 0.852 bits per heavy atom. The Kier molecular flexibility index (Phi) is 9.69. The van der Waals surface area contributed by atoms with Gasteiger partial charge in [-0.3, -0.25) is 0 Å². The van der Waals surface area contributed by atoms with Gasteiger partial charge in [0, 0.05) is 65.6 Å². The van der Waals surface area contributed by atoms with E-state index in [1.807, 2.05) is 0 Å². The van der Waals surface area contributed by atoms with Gasteiger partial charge >= 0.3 is 0 Å². The van der Waals surface area contributed by atoms with Gasteiger partial charge in [0.15, 0.2) is 0 Å². The van der Waals surface area contributed by atoms with Crippen molar-refractivity contribution < 1.29 is 0 Å². The lowest BCUT2D eigenvalue weighted by atomic mass is 9.78. The molecular formula is C84H50N4. The first-order chi connectivity index (χ1) is 43.7. The van der Waals surface area contributed by atoms with Crippen LogP contribution in [0, 0.1) is 0 Å². The van der Waals surface area contributed by atoms with Gasteiger partial charge in [0.05, 0.1) is 55.5 Å². The molecule has 4 heteroatoms. The smallest absolute Gasteiger partial charge is 0.0547 e. The zero-order chi connectivity index (χ0) is 57.3. The summed E-state index contributed by atoms with van der Waals surface area (Å²) in [6.07, 6.45) is 0. The minimum Gasteiger partial charge on any atom is -0.309 e. The molecule has 20 rings (SSSR count). The molecule has 1 aliphatic carbocycles. The first kappa shape index (κ1) is 47.6. The van der Waals surface area contributed by atoms with Crippen molar-refractivity contribution in [3.8, 4) is 67.3 Å². The molecule has 88 heavy (non-hydrogen) atoms. The summed E-state index contributed by atoms with van der Waals surface area (Å²) in [6, 6.07) is 114. The van der Waals surface area contributed by atoms with E-state index in [-0.39, 0.29) is 0 Å². The van der Waals surface area contributed by atoms with E-state index in [0.717, 1.165) is 44.8 Å². The van der Waals surface area contributed by atoms with Crippen molar-refractivity contribution in [3.05, 3.63) is 303 Å². The minimum atomic E-state index is 1.13. The van der Waals surface area contributed by atoms with Crippen molar-refractivity contribution in [1.82, 2.24) is 18.3 Å². The van der Waals surface area contributed by atoms with Crippen LogP contribution in [0.4, 0.5) is 0 Å². The fourth-order valence-electron chi connectivity index (χ4n) is 15.9. The SMILES string of the molecule is c1ccc2c(c1)-c1cccc(-n3c4ccccc4c4cc(-n5c6ccccc6c6ccccc65)ccc43)c1-c1cc3c4ccccc4c4ccccc4c3cc1-c1cccc(-n3c4ccccc4c4cc(-n5c6ccccc6c6ccccc65)ccc43)c1-2. The molecule has 0 bridgehead atoms. The van der Waals surface area contributed by atoms with E-state index >= 15 is 0 Å². The standard InChI is InChI=1S/C84H50N4/c1-3-23-55-53(21-1)54-22-2-4-24-56(54)68-50-72-69(49-67(55)68)66-34-20-41-81(87-77-39-17-11-30-62(77)70-47-51(43-45-79(70)87)85-73-35-13-7-26-58(73)59-27-8-14-36-74(59)85)83(66)64-32-6-5-25-57(64)65-33-19-42-82(84(65)72)88-78-40-18-12-31-63(78)71-48-52(44-46-80(71)88)86-75-37-15-9-28-60(75)61-29-10-16-38-76(61)86/h1-50H. The van der Waals surface area contributed by atoms with E-state index in [9.17, 15) is 0 Å². The number of hydrogen-bond acceptors (Lipinski definition) is 0. The number of rotatable bonds is 4. The molecule has 0 fully saturated rings. The fraction of sp³-hybridized carbons (Fsp3) is 0. The Hall–Kier alpha value is -11.7. The third-order valence-corrected chi connectivity index (χ3v) is 19.5. The summed E-state index contributed by atoms with van der Waals surface area (Å²) in [4.78, 5) is 0. The molecule has 19 aromatic rings. The van der Waals surface area contributed by atoms with Crippen LogP contribution in [0.1, 0.15) is 0 Å². The van der Waals surface area contributed by atoms with Gasteiger partial charge in [0.25, 0.3) is 0 Å². The van der Waals surface area contributed by atoms with Crippen molar-refractivity contribution in [1.29, 1.82) is 0 Å². The first-order valence-electron chi connectivity index (χ1n) is 30.5. The van der Waals surface area contributed by atoms with E-state index in [1.165, 1.54) is 142 Å². The Morgan fingerprint density at radius 1 is 0.148 bits per heavy atom. The van der Waals surface area contributed by atoms with Gasteiger partial charge in [-0.1, -0.05) is 206 Å². The van der Waals surface area contributed by atoms with Crippen molar-refractivity contribution in [3.63, 3.8) is 0 Å². The van der Waals surface area contributed by atoms with Gasteiger partial charge in [-0.15, -0.1) is 0 Å². The second-order valence-electron chi connectivity index (χ2n) is 23.8. The molecule has 0 unspecified atom stereocenters. The maximum Gasteiger partial charge on any atom is 0.0547 e. The van der Waals surface area contributed by atoms with E-state index in [0.29, 0.717) is 0 Å². The van der Waals surface area contributed by atoms with Crippen LogP contribution in [-0.2, 0) is 0 Å². The van der Waals surface area contributed by atoms with E-state index < -0.39 is 0 Å². The molecule has 0 radical (unpaired) electrons. The average molecular weight is 1120 g/mol. The molecule has 0 N–H and O–H groups in total. The van der Waals surface area contributed by atoms with Gasteiger partial charge in [0.1, 0.15) is 0 Å². The highest BCUT2D eigenvalue weighted by atomic mass is 15.0. The highest BCUT2D eigenvalue weighted by molar-refractivity contribution is 6.28. The maximum absolute atomic E-state index is 2.55. The van der Waals surface area contributed by atoms with Crippen molar-refractivity contribution in [2.24, 2.45) is 0 Å². The van der Waals surface area contributed by atoms with Crippen LogP contribution in [-0.4, -0.2) is 18.3 Å². The molecule has 4 aromatic heterocycles. The molecule has 406 valence electrons. The lowest BCUT2D eigenvalue weighted by Crippen LogP contribution is -2.05. The molecule has 15 aromatic carbocycles. The maximum atomic E-state index is 2.55. The molecular weight excluding hydrogens is 1060 g/mol. The zero-order valence-corrected chi connectivity index (χ0v) is 47.7. The normalized spacial score (nSPS) is 12.3. The molecule has 4 nitrogen and oxygen atoms in total. The molecule has 0 aliphatic heterocycles. The number of benzene rings is 15. The third kappa shape index (κ3) is 6.42. The molecule has 0 saturated carbocycles. The van der Waals surface area contributed by atoms with Crippen LogP contribution in [0.5, 0.6) is 0 Å². The molecule has 0 saturated heterocycles. The van der Waals surface area contributed by atoms with Gasteiger partial charge in [-0.2, -0.15) is 0 Å². The summed E-state index contributed by atoms with van der Waals surface area (Å²) in [7, 11) is 0. The summed E-state index contributed by atoms with van der Waals surface area (Å²) in [5, 5.41) is 17.3. The Morgan fingerprint density at radius 2 is 0.432 bits per heavy atom. The molecule has 0 amide bonds. The summed E-state index contributed by atoms with van der Waals surface area (Å²) in [5.74, 6) is 0. The van der Waals surface area contributed by atoms with Gasteiger partial charge in [-0.25, -0.2) is 0 Å². The Bertz CT molecular complexity index is 6150. The quantitative estimate of drug-likeness (QED) is 0.157. The first-order valence-corrected chi connectivity index (χ1v) is 30.5. The zero-order valence-electron chi connectivity index (χ0n) is 47.7. The van der Waals surface area contributed by atoms with Gasteiger partial charge in [0.2, 0.25) is 0 Å². The highest BCUT2D eigenvalue weighted by Gasteiger charge is 2.30. The monoisotopic (exact) mass is 1110 g/mol. The third-order valence-electron chi connectivity index (χ3n) is 19.5. The molecule has 0 spiro atoms. The molecule has 4 heterocycles. The van der Waals surface area contributed by atoms with Crippen LogP contribution < -0.4 is 0 Å². The average Bonchev–Trinajstić information content (AvgIpc) is 1.48. The summed E-state index contributed by atoms with van der Waals surface area (Å²) in [5.41, 5.74) is 23.5. The molecule has 1 aliphatic rings. The summed E-state index contributed by atoms with van der Waals surface area (Å²) in [6.45, 7) is 0. The van der Waals surface area contributed by atoms with Crippen LogP contribution in [0.3, 0.4) is 0 Å². The van der Waals surface area contributed by atoms with Crippen molar-refractivity contribution >= 4 is 120 Å². The van der Waals surface area contributed by atoms with Crippen LogP contribution >= 0.6 is 0 Å². The number of aromatic nitrogens is 4. The van der Waals surface area contributed by atoms with Crippen LogP contribution in [0.2, 0.25) is 0 Å². The summed E-state index contributed by atoms with van der Waals surface area (Å²) >= 11 is 0. The second kappa shape index (κ2) is 17.9. The Balaban J connectivity index is 0.887. The topological polar surface area (TPSA) is 19.7 Å². The fourth-order valence-corrected chi connectivity index (χ4v) is 15.9. The van der Waals surface area contributed by atoms with Crippen molar-refractivity contribution in [2.75, 3.05) is 0 Å².